The molecule has 0 spiro atoms. The Morgan fingerprint density at radius 1 is 1.08 bits per heavy atom. The molecule has 0 atom stereocenters. The first-order valence-electron chi connectivity index (χ1n) is 7.48. The Bertz CT molecular complexity index is 996. The van der Waals surface area contributed by atoms with Gasteiger partial charge in [-0.3, -0.25) is 0 Å². The molecule has 116 valence electrons. The van der Waals surface area contributed by atoms with Crippen molar-refractivity contribution in [3.8, 4) is 12.1 Å². The molecular weight excluding hydrogens is 362 g/mol. The lowest BCUT2D eigenvalue weighted by atomic mass is 10.1. The third kappa shape index (κ3) is 2.97. The van der Waals surface area contributed by atoms with Crippen LogP contribution in [-0.2, 0) is 6.54 Å². The lowest BCUT2D eigenvalue weighted by molar-refractivity contribution is 0.804. The Hall–Kier alpha value is -2.82. The highest BCUT2D eigenvalue weighted by molar-refractivity contribution is 9.10. The quantitative estimate of drug-likeness (QED) is 0.591. The Labute approximate surface area is 149 Å². The third-order valence-electron chi connectivity index (χ3n) is 4.06. The van der Waals surface area contributed by atoms with Gasteiger partial charge in [0.15, 0.2) is 0 Å². The highest BCUT2D eigenvalue weighted by Crippen LogP contribution is 2.28. The molecule has 3 rings (SSSR count). The van der Waals surface area contributed by atoms with Crippen molar-refractivity contribution in [2.45, 2.75) is 13.5 Å². The molecule has 1 aromatic heterocycles. The number of hydrogen-bond acceptors (Lipinski definition) is 2. The lowest BCUT2D eigenvalue weighted by Crippen LogP contribution is -2.01. The van der Waals surface area contributed by atoms with Crippen LogP contribution in [0.25, 0.3) is 17.0 Å². The highest BCUT2D eigenvalue weighted by Gasteiger charge is 2.13. The molecule has 0 bridgehead atoms. The molecule has 0 radical (unpaired) electrons. The maximum Gasteiger partial charge on any atom is 0.130 e. The summed E-state index contributed by atoms with van der Waals surface area (Å²) in [6.07, 6.45) is 1.68. The number of fused-ring (bicyclic) bond motifs is 1. The average Bonchev–Trinajstić information content (AvgIpc) is 2.87. The van der Waals surface area contributed by atoms with E-state index >= 15 is 0 Å². The van der Waals surface area contributed by atoms with Crippen LogP contribution in [-0.4, -0.2) is 4.57 Å². The number of nitrogens with zero attached hydrogens (tertiary/aromatic N) is 3. The van der Waals surface area contributed by atoms with Gasteiger partial charge in [0.1, 0.15) is 17.7 Å². The zero-order valence-electron chi connectivity index (χ0n) is 13.1. The largest absolute Gasteiger partial charge is 0.340 e. The topological polar surface area (TPSA) is 52.5 Å². The molecule has 0 saturated heterocycles. The summed E-state index contributed by atoms with van der Waals surface area (Å²) in [6, 6.07) is 20.2. The van der Waals surface area contributed by atoms with Crippen LogP contribution in [0.2, 0.25) is 0 Å². The average molecular weight is 376 g/mol. The number of aromatic nitrogens is 1. The van der Waals surface area contributed by atoms with Crippen molar-refractivity contribution in [1.82, 2.24) is 4.57 Å². The number of rotatable bonds is 3. The molecule has 24 heavy (non-hydrogen) atoms. The SMILES string of the molecule is Cc1c(C=C(C#N)C#N)c2ccccc2n1Cc1ccc(Br)cc1. The summed E-state index contributed by atoms with van der Waals surface area (Å²) in [6.45, 7) is 2.76. The van der Waals surface area contributed by atoms with E-state index in [1.807, 2.05) is 49.4 Å². The van der Waals surface area contributed by atoms with Gasteiger partial charge in [0, 0.05) is 33.2 Å². The monoisotopic (exact) mass is 375 g/mol. The molecule has 3 aromatic rings. The highest BCUT2D eigenvalue weighted by atomic mass is 79.9. The molecule has 0 unspecified atom stereocenters. The number of halogens is 1. The van der Waals surface area contributed by atoms with Crippen molar-refractivity contribution in [2.24, 2.45) is 0 Å². The smallest absolute Gasteiger partial charge is 0.130 e. The van der Waals surface area contributed by atoms with Crippen molar-refractivity contribution in [3.05, 3.63) is 75.4 Å². The van der Waals surface area contributed by atoms with Gasteiger partial charge in [-0.2, -0.15) is 10.5 Å². The summed E-state index contributed by atoms with van der Waals surface area (Å²) in [5.41, 5.74) is 4.38. The Balaban J connectivity index is 2.17. The van der Waals surface area contributed by atoms with Crippen molar-refractivity contribution < 1.29 is 0 Å². The molecule has 0 aliphatic carbocycles. The van der Waals surface area contributed by atoms with E-state index < -0.39 is 0 Å². The molecule has 0 saturated carbocycles. The molecule has 0 amide bonds. The van der Waals surface area contributed by atoms with Crippen LogP contribution in [0.1, 0.15) is 16.8 Å². The van der Waals surface area contributed by atoms with Gasteiger partial charge >= 0.3 is 0 Å². The van der Waals surface area contributed by atoms with Gasteiger partial charge in [-0.15, -0.1) is 0 Å². The minimum absolute atomic E-state index is 0.115. The second-order valence-electron chi connectivity index (χ2n) is 5.51. The number of para-hydroxylation sites is 1. The summed E-state index contributed by atoms with van der Waals surface area (Å²) in [5, 5.41) is 19.2. The van der Waals surface area contributed by atoms with E-state index in [1.54, 1.807) is 6.08 Å². The van der Waals surface area contributed by atoms with Crippen LogP contribution in [0.15, 0.2) is 58.6 Å². The molecule has 0 aliphatic rings. The van der Waals surface area contributed by atoms with E-state index in [1.165, 1.54) is 5.56 Å². The van der Waals surface area contributed by atoms with Crippen molar-refractivity contribution in [2.75, 3.05) is 0 Å². The van der Waals surface area contributed by atoms with Gasteiger partial charge in [0.2, 0.25) is 0 Å². The number of allylic oxidation sites excluding steroid dienone is 1. The van der Waals surface area contributed by atoms with Gasteiger partial charge in [0.05, 0.1) is 0 Å². The van der Waals surface area contributed by atoms with Crippen LogP contribution in [0.3, 0.4) is 0 Å². The predicted molar refractivity (Wildman–Crippen MR) is 99.1 cm³/mol. The second-order valence-corrected chi connectivity index (χ2v) is 6.43. The molecule has 0 aliphatic heterocycles. The minimum Gasteiger partial charge on any atom is -0.340 e. The summed E-state index contributed by atoms with van der Waals surface area (Å²) in [5.74, 6) is 0. The fourth-order valence-electron chi connectivity index (χ4n) is 2.85. The minimum atomic E-state index is 0.115. The molecule has 3 nitrogen and oxygen atoms in total. The first-order valence-corrected chi connectivity index (χ1v) is 8.27. The van der Waals surface area contributed by atoms with Gasteiger partial charge < -0.3 is 4.57 Å². The summed E-state index contributed by atoms with van der Waals surface area (Å²) in [4.78, 5) is 0. The van der Waals surface area contributed by atoms with Crippen LogP contribution < -0.4 is 0 Å². The summed E-state index contributed by atoms with van der Waals surface area (Å²) < 4.78 is 3.27. The van der Waals surface area contributed by atoms with Crippen LogP contribution in [0, 0.1) is 29.6 Å². The Morgan fingerprint density at radius 2 is 1.75 bits per heavy atom. The number of benzene rings is 2. The molecule has 4 heteroatoms. The maximum absolute atomic E-state index is 9.07. The van der Waals surface area contributed by atoms with Crippen molar-refractivity contribution >= 4 is 32.9 Å². The maximum atomic E-state index is 9.07. The van der Waals surface area contributed by atoms with E-state index in [9.17, 15) is 0 Å². The van der Waals surface area contributed by atoms with Crippen molar-refractivity contribution in [1.29, 1.82) is 10.5 Å². The molecule has 2 aromatic carbocycles. The number of nitriles is 2. The van der Waals surface area contributed by atoms with Gasteiger partial charge in [-0.1, -0.05) is 46.3 Å². The van der Waals surface area contributed by atoms with Gasteiger partial charge in [-0.05, 0) is 36.8 Å². The fraction of sp³-hybridized carbons (Fsp3) is 0.100. The van der Waals surface area contributed by atoms with E-state index in [0.717, 1.165) is 33.2 Å². The molecule has 1 heterocycles. The summed E-state index contributed by atoms with van der Waals surface area (Å²) >= 11 is 3.46. The zero-order chi connectivity index (χ0) is 17.1. The molecule has 0 fully saturated rings. The zero-order valence-corrected chi connectivity index (χ0v) is 14.7. The number of hydrogen-bond donors (Lipinski definition) is 0. The summed E-state index contributed by atoms with van der Waals surface area (Å²) in [7, 11) is 0. The van der Waals surface area contributed by atoms with E-state index in [2.05, 4.69) is 38.7 Å². The van der Waals surface area contributed by atoms with Crippen molar-refractivity contribution in [3.63, 3.8) is 0 Å². The predicted octanol–water partition coefficient (Wildman–Crippen LogP) is 5.19. The van der Waals surface area contributed by atoms with Crippen LogP contribution >= 0.6 is 15.9 Å². The standard InChI is InChI=1S/C20H14BrN3/c1-14-19(10-16(11-22)12-23)18-4-2-3-5-20(18)24(14)13-15-6-8-17(21)9-7-15/h2-10H,13H2,1H3. The first kappa shape index (κ1) is 16.1. The lowest BCUT2D eigenvalue weighted by Gasteiger charge is -2.09. The van der Waals surface area contributed by atoms with E-state index in [4.69, 9.17) is 10.5 Å². The molecule has 0 N–H and O–H groups in total. The van der Waals surface area contributed by atoms with Crippen LogP contribution in [0.4, 0.5) is 0 Å². The normalized spacial score (nSPS) is 10.2. The van der Waals surface area contributed by atoms with Gasteiger partial charge in [0.25, 0.3) is 0 Å². The Morgan fingerprint density at radius 3 is 2.42 bits per heavy atom. The van der Waals surface area contributed by atoms with Crippen LogP contribution in [0.5, 0.6) is 0 Å². The Kier molecular flexibility index (Phi) is 4.51. The van der Waals surface area contributed by atoms with Gasteiger partial charge in [-0.25, -0.2) is 0 Å². The third-order valence-corrected chi connectivity index (χ3v) is 4.59. The van der Waals surface area contributed by atoms with E-state index in [0.29, 0.717) is 0 Å². The second kappa shape index (κ2) is 6.74. The molecular formula is C20H14BrN3. The van der Waals surface area contributed by atoms with E-state index in [-0.39, 0.29) is 5.57 Å². The first-order chi connectivity index (χ1) is 11.6. The fourth-order valence-corrected chi connectivity index (χ4v) is 3.11.